The average molecular weight is 386 g/mol. The molecule has 3 aromatic heterocycles. The maximum atomic E-state index is 5.71. The minimum Gasteiger partial charge on any atom is -0.326 e. The summed E-state index contributed by atoms with van der Waals surface area (Å²) in [5, 5.41) is 0. The summed E-state index contributed by atoms with van der Waals surface area (Å²) < 4.78 is 2.12. The molecule has 3 heterocycles. The van der Waals surface area contributed by atoms with Crippen LogP contribution in [-0.2, 0) is 13.1 Å². The zero-order valence-corrected chi connectivity index (χ0v) is 17.0. The van der Waals surface area contributed by atoms with E-state index in [4.69, 9.17) is 5.73 Å². The fourth-order valence-corrected chi connectivity index (χ4v) is 3.61. The minimum atomic E-state index is 0.555. The third-order valence-corrected chi connectivity index (χ3v) is 5.43. The van der Waals surface area contributed by atoms with E-state index in [-0.39, 0.29) is 0 Å². The Morgan fingerprint density at radius 2 is 1.66 bits per heavy atom. The Morgan fingerprint density at radius 1 is 0.897 bits per heavy atom. The molecule has 0 saturated carbocycles. The van der Waals surface area contributed by atoms with Crippen LogP contribution in [0.15, 0.2) is 67.1 Å². The van der Waals surface area contributed by atoms with Gasteiger partial charge in [-0.1, -0.05) is 38.1 Å². The molecule has 2 N–H and O–H groups in total. The molecule has 0 unspecified atom stereocenters. The highest BCUT2D eigenvalue weighted by Gasteiger charge is 2.09. The summed E-state index contributed by atoms with van der Waals surface area (Å²) >= 11 is 0. The summed E-state index contributed by atoms with van der Waals surface area (Å²) in [5.41, 5.74) is 13.4. The van der Waals surface area contributed by atoms with Crippen molar-refractivity contribution in [2.75, 3.05) is 13.1 Å². The van der Waals surface area contributed by atoms with Crippen LogP contribution in [0, 0.1) is 0 Å². The molecule has 0 aliphatic carbocycles. The number of nitrogens with zero attached hydrogens (tertiary/aromatic N) is 4. The quantitative estimate of drug-likeness (QED) is 0.513. The second-order valence-corrected chi connectivity index (χ2v) is 7.19. The van der Waals surface area contributed by atoms with Crippen molar-refractivity contribution in [1.82, 2.24) is 19.3 Å². The lowest BCUT2D eigenvalue weighted by atomic mass is 10.1. The third-order valence-electron chi connectivity index (χ3n) is 5.43. The van der Waals surface area contributed by atoms with Gasteiger partial charge in [-0.2, -0.15) is 0 Å². The van der Waals surface area contributed by atoms with Crippen molar-refractivity contribution in [2.24, 2.45) is 5.73 Å². The van der Waals surface area contributed by atoms with Crippen molar-refractivity contribution in [3.8, 4) is 22.4 Å². The van der Waals surface area contributed by atoms with Crippen LogP contribution < -0.4 is 5.73 Å². The normalized spacial score (nSPS) is 11.4. The summed E-state index contributed by atoms with van der Waals surface area (Å²) in [7, 11) is 0. The first-order chi connectivity index (χ1) is 14.2. The van der Waals surface area contributed by atoms with Crippen molar-refractivity contribution in [3.63, 3.8) is 0 Å². The zero-order chi connectivity index (χ0) is 20.2. The van der Waals surface area contributed by atoms with E-state index in [2.05, 4.69) is 87.8 Å². The van der Waals surface area contributed by atoms with Crippen LogP contribution in [0.4, 0.5) is 0 Å². The fourth-order valence-electron chi connectivity index (χ4n) is 3.61. The summed E-state index contributed by atoms with van der Waals surface area (Å²) in [6.45, 7) is 7.84. The number of imidazole rings is 1. The number of hydrogen-bond acceptors (Lipinski definition) is 4. The first-order valence-corrected chi connectivity index (χ1v) is 10.2. The number of hydrogen-bond donors (Lipinski definition) is 1. The molecule has 0 radical (unpaired) electrons. The van der Waals surface area contributed by atoms with Crippen LogP contribution in [-0.4, -0.2) is 32.4 Å². The molecule has 0 fully saturated rings. The summed E-state index contributed by atoms with van der Waals surface area (Å²) in [6, 6.07) is 16.8. The highest BCUT2D eigenvalue weighted by molar-refractivity contribution is 5.71. The van der Waals surface area contributed by atoms with Gasteiger partial charge >= 0.3 is 0 Å². The molecule has 148 valence electrons. The molecule has 29 heavy (non-hydrogen) atoms. The Kier molecular flexibility index (Phi) is 5.69. The topological polar surface area (TPSA) is 59.5 Å². The predicted octanol–water partition coefficient (Wildman–Crippen LogP) is 4.36. The van der Waals surface area contributed by atoms with Crippen molar-refractivity contribution in [1.29, 1.82) is 0 Å². The molecule has 4 aromatic rings. The molecule has 4 rings (SSSR count). The predicted molar refractivity (Wildman–Crippen MR) is 118 cm³/mol. The number of pyridine rings is 2. The number of fused-ring (bicyclic) bond motifs is 1. The highest BCUT2D eigenvalue weighted by Crippen LogP contribution is 2.26. The van der Waals surface area contributed by atoms with E-state index in [9.17, 15) is 0 Å². The Balaban J connectivity index is 1.65. The van der Waals surface area contributed by atoms with E-state index < -0.39 is 0 Å². The lowest BCUT2D eigenvalue weighted by molar-refractivity contribution is 0.292. The molecule has 5 nitrogen and oxygen atoms in total. The molecule has 1 aromatic carbocycles. The van der Waals surface area contributed by atoms with E-state index in [0.717, 1.165) is 53.4 Å². The molecule has 0 atom stereocenters. The molecular weight excluding hydrogens is 358 g/mol. The van der Waals surface area contributed by atoms with Gasteiger partial charge in [0.2, 0.25) is 0 Å². The Hall–Kier alpha value is -3.02. The average Bonchev–Trinajstić information content (AvgIpc) is 3.21. The largest absolute Gasteiger partial charge is 0.326 e. The lowest BCUT2D eigenvalue weighted by Gasteiger charge is -2.17. The minimum absolute atomic E-state index is 0.555. The van der Waals surface area contributed by atoms with Gasteiger partial charge in [-0.3, -0.25) is 14.3 Å². The van der Waals surface area contributed by atoms with Gasteiger partial charge in [0.15, 0.2) is 0 Å². The lowest BCUT2D eigenvalue weighted by Crippen LogP contribution is -2.22. The van der Waals surface area contributed by atoms with Gasteiger partial charge in [0.1, 0.15) is 5.65 Å². The van der Waals surface area contributed by atoms with Crippen molar-refractivity contribution in [2.45, 2.75) is 26.9 Å². The van der Waals surface area contributed by atoms with Gasteiger partial charge < -0.3 is 5.73 Å². The maximum Gasteiger partial charge on any atom is 0.137 e. The molecule has 5 heteroatoms. The number of aromatic nitrogens is 3. The van der Waals surface area contributed by atoms with Crippen molar-refractivity contribution >= 4 is 5.65 Å². The van der Waals surface area contributed by atoms with Gasteiger partial charge in [0.05, 0.1) is 17.6 Å². The smallest absolute Gasteiger partial charge is 0.137 e. The molecule has 0 spiro atoms. The third kappa shape index (κ3) is 4.06. The molecule has 0 saturated heterocycles. The van der Waals surface area contributed by atoms with E-state index in [0.29, 0.717) is 6.54 Å². The van der Waals surface area contributed by atoms with Crippen LogP contribution in [0.1, 0.15) is 25.1 Å². The van der Waals surface area contributed by atoms with E-state index in [1.54, 1.807) is 0 Å². The Labute approximate surface area is 171 Å². The zero-order valence-electron chi connectivity index (χ0n) is 17.0. The highest BCUT2D eigenvalue weighted by atomic mass is 15.1. The number of benzene rings is 1. The van der Waals surface area contributed by atoms with Gasteiger partial charge in [0, 0.05) is 31.0 Å². The van der Waals surface area contributed by atoms with E-state index >= 15 is 0 Å². The van der Waals surface area contributed by atoms with Crippen LogP contribution in [0.2, 0.25) is 0 Å². The molecule has 0 amide bonds. The second kappa shape index (κ2) is 8.55. The summed E-state index contributed by atoms with van der Waals surface area (Å²) in [6.07, 6.45) is 5.91. The SMILES string of the molecule is CCN(CC)Cc1cc(-c2ccn3c(-c4ccc(CN)cc4)cnc3c2)ccn1. The van der Waals surface area contributed by atoms with Crippen molar-refractivity contribution in [3.05, 3.63) is 78.4 Å². The molecule has 0 aliphatic rings. The second-order valence-electron chi connectivity index (χ2n) is 7.19. The molecular formula is C24H27N5. The van der Waals surface area contributed by atoms with Gasteiger partial charge in [-0.15, -0.1) is 0 Å². The van der Waals surface area contributed by atoms with Crippen LogP contribution in [0.5, 0.6) is 0 Å². The summed E-state index contributed by atoms with van der Waals surface area (Å²) in [5.74, 6) is 0. The van der Waals surface area contributed by atoms with Crippen molar-refractivity contribution < 1.29 is 0 Å². The molecule has 0 aliphatic heterocycles. The van der Waals surface area contributed by atoms with Gasteiger partial charge in [0.25, 0.3) is 0 Å². The first-order valence-electron chi connectivity index (χ1n) is 10.2. The van der Waals surface area contributed by atoms with Crippen LogP contribution in [0.3, 0.4) is 0 Å². The Bertz CT molecular complexity index is 1090. The van der Waals surface area contributed by atoms with Gasteiger partial charge in [-0.05, 0) is 54.0 Å². The van der Waals surface area contributed by atoms with E-state index in [1.807, 2.05) is 12.4 Å². The van der Waals surface area contributed by atoms with Gasteiger partial charge in [-0.25, -0.2) is 4.98 Å². The molecule has 0 bridgehead atoms. The first kappa shape index (κ1) is 19.3. The monoisotopic (exact) mass is 385 g/mol. The van der Waals surface area contributed by atoms with E-state index in [1.165, 1.54) is 5.56 Å². The number of rotatable bonds is 7. The summed E-state index contributed by atoms with van der Waals surface area (Å²) in [4.78, 5) is 11.6. The fraction of sp³-hybridized carbons (Fsp3) is 0.250. The number of nitrogens with two attached hydrogens (primary N) is 1. The Morgan fingerprint density at radius 3 is 2.38 bits per heavy atom. The maximum absolute atomic E-state index is 5.71. The standard InChI is InChI=1S/C24H27N5/c1-3-28(4-2)17-22-13-20(9-11-26-22)21-10-12-29-23(16-27-24(29)14-21)19-7-5-18(15-25)6-8-19/h5-14,16H,3-4,15,17,25H2,1-2H3. The van der Waals surface area contributed by atoms with Crippen LogP contribution >= 0.6 is 0 Å². The van der Waals surface area contributed by atoms with Crippen LogP contribution in [0.25, 0.3) is 28.0 Å².